The number of amides is 3. The van der Waals surface area contributed by atoms with E-state index in [1.54, 1.807) is 79.0 Å². The van der Waals surface area contributed by atoms with Crippen molar-refractivity contribution >= 4 is 24.6 Å². The van der Waals surface area contributed by atoms with Gasteiger partial charge in [-0.1, -0.05) is 84.9 Å². The molecule has 0 spiro atoms. The molecule has 4 aromatic rings. The van der Waals surface area contributed by atoms with Gasteiger partial charge in [0.15, 0.2) is 6.29 Å². The highest BCUT2D eigenvalue weighted by atomic mass is 16.6. The van der Waals surface area contributed by atoms with Crippen molar-refractivity contribution in [1.29, 1.82) is 0 Å². The second-order valence-electron chi connectivity index (χ2n) is 18.1. The number of nitrogens with zero attached hydrogens (tertiary/aromatic N) is 2. The minimum atomic E-state index is -1.17. The molecule has 0 unspecified atom stereocenters. The Balaban J connectivity index is 1.58. The summed E-state index contributed by atoms with van der Waals surface area (Å²) in [6.45, 7) is 15.8. The minimum absolute atomic E-state index is 0.0155. The first-order valence-electron chi connectivity index (χ1n) is 20.5. The molecular weight excluding hydrogens is 779 g/mol. The average molecular weight is 842 g/mol. The summed E-state index contributed by atoms with van der Waals surface area (Å²) >= 11 is 0. The number of benzene rings is 3. The average Bonchev–Trinajstić information content (AvgIpc) is 3.55. The molecule has 0 radical (unpaired) electrons. The lowest BCUT2D eigenvalue weighted by Gasteiger charge is -2.31. The zero-order valence-electron chi connectivity index (χ0n) is 36.8. The summed E-state index contributed by atoms with van der Waals surface area (Å²) in [5, 5.41) is 30.5. The van der Waals surface area contributed by atoms with E-state index in [4.69, 9.17) is 14.2 Å². The maximum Gasteiger partial charge on any atom is 0.422 e. The molecule has 0 fully saturated rings. The molecule has 0 saturated carbocycles. The fraction of sp³-hybridized carbons (Fsp3) is 0.447. The van der Waals surface area contributed by atoms with E-state index < -0.39 is 59.4 Å². The Kier molecular flexibility index (Phi) is 16.7. The summed E-state index contributed by atoms with van der Waals surface area (Å²) in [6, 6.07) is 28.2. The molecule has 3 aromatic carbocycles. The van der Waals surface area contributed by atoms with E-state index in [-0.39, 0.29) is 26.1 Å². The number of rotatable bonds is 17. The molecule has 0 aliphatic carbocycles. The molecule has 4 atom stereocenters. The lowest BCUT2D eigenvalue weighted by atomic mass is 10.0. The molecule has 0 saturated heterocycles. The quantitative estimate of drug-likeness (QED) is 0.0415. The van der Waals surface area contributed by atoms with Gasteiger partial charge in [0, 0.05) is 18.8 Å². The molecule has 14 nitrogen and oxygen atoms in total. The van der Waals surface area contributed by atoms with Crippen LogP contribution in [0.4, 0.5) is 14.4 Å². The number of ether oxygens (including phenoxy) is 3. The smallest absolute Gasteiger partial charge is 0.422 e. The van der Waals surface area contributed by atoms with E-state index in [1.165, 1.54) is 5.01 Å². The highest BCUT2D eigenvalue weighted by Crippen LogP contribution is 2.25. The Hall–Kier alpha value is -5.70. The maximum atomic E-state index is 13.1. The van der Waals surface area contributed by atoms with Gasteiger partial charge in [0.05, 0.1) is 36.5 Å². The highest BCUT2D eigenvalue weighted by Gasteiger charge is 2.30. The van der Waals surface area contributed by atoms with Gasteiger partial charge in [0.1, 0.15) is 16.8 Å². The van der Waals surface area contributed by atoms with Gasteiger partial charge < -0.3 is 39.6 Å². The maximum absolute atomic E-state index is 13.1. The SMILES string of the molecule is CC(C)(C)OC(=O)N[C@@H](Cc1ccccc1)[C@@H](O)CN(Cc1ccc(-c2ccc(C=O)n2C[C@H](O)[C@H](Cc2ccccc2)NC(=O)OC(C)(C)C)cc1)NC(=O)OC(C)(C)C. The van der Waals surface area contributed by atoms with Gasteiger partial charge in [-0.2, -0.15) is 0 Å². The number of nitrogens with one attached hydrogen (secondary N) is 3. The van der Waals surface area contributed by atoms with Gasteiger partial charge in [-0.3, -0.25) is 10.2 Å². The van der Waals surface area contributed by atoms with Crippen molar-refractivity contribution in [3.05, 3.63) is 119 Å². The van der Waals surface area contributed by atoms with Crippen molar-refractivity contribution in [2.24, 2.45) is 0 Å². The lowest BCUT2D eigenvalue weighted by molar-refractivity contribution is 0.0105. The summed E-state index contributed by atoms with van der Waals surface area (Å²) in [5.74, 6) is 0. The largest absolute Gasteiger partial charge is 0.444 e. The molecule has 0 bridgehead atoms. The van der Waals surface area contributed by atoms with Crippen molar-refractivity contribution < 1.29 is 43.6 Å². The number of aldehydes is 1. The van der Waals surface area contributed by atoms with E-state index >= 15 is 0 Å². The number of aliphatic hydroxyl groups is 2. The monoisotopic (exact) mass is 841 g/mol. The third kappa shape index (κ3) is 16.7. The minimum Gasteiger partial charge on any atom is -0.444 e. The normalized spacial score (nSPS) is 14.0. The zero-order chi connectivity index (χ0) is 45.0. The molecule has 0 aliphatic rings. The first kappa shape index (κ1) is 48.0. The third-order valence-electron chi connectivity index (χ3n) is 9.11. The predicted octanol–water partition coefficient (Wildman–Crippen LogP) is 7.20. The Morgan fingerprint density at radius 2 is 1.08 bits per heavy atom. The standard InChI is InChI=1S/C47H63N5O9/c1-45(2,3)59-42(56)48-37(26-32-16-12-10-13-17-32)40(54)29-51(50-44(58)61-47(7,8)9)28-34-20-22-35(23-21-34)39-25-24-36(31-53)52(39)30-41(55)38(27-33-18-14-11-15-19-33)49-43(57)60-46(4,5)6/h10-25,31,37-38,40-41,54-55H,26-30H2,1-9H3,(H,48,56)(H,49,57)(H,50,58)/t37-,38-,40-,41-/m0/s1. The Morgan fingerprint density at radius 3 is 1.54 bits per heavy atom. The van der Waals surface area contributed by atoms with Gasteiger partial charge in [0.25, 0.3) is 0 Å². The summed E-state index contributed by atoms with van der Waals surface area (Å²) in [4.78, 5) is 51.1. The van der Waals surface area contributed by atoms with Crippen LogP contribution in [0.15, 0.2) is 97.1 Å². The van der Waals surface area contributed by atoms with Crippen LogP contribution in [0.5, 0.6) is 0 Å². The van der Waals surface area contributed by atoms with Crippen molar-refractivity contribution in [2.75, 3.05) is 6.54 Å². The first-order valence-corrected chi connectivity index (χ1v) is 20.5. The molecule has 14 heteroatoms. The highest BCUT2D eigenvalue weighted by molar-refractivity contribution is 5.76. The number of aliphatic hydroxyl groups excluding tert-OH is 2. The van der Waals surface area contributed by atoms with Crippen LogP contribution in [0.25, 0.3) is 11.3 Å². The Morgan fingerprint density at radius 1 is 0.623 bits per heavy atom. The number of hydrogen-bond acceptors (Lipinski definition) is 10. The van der Waals surface area contributed by atoms with Crippen LogP contribution in [-0.4, -0.2) is 92.0 Å². The predicted molar refractivity (Wildman–Crippen MR) is 234 cm³/mol. The fourth-order valence-electron chi connectivity index (χ4n) is 6.51. The van der Waals surface area contributed by atoms with Crippen LogP contribution in [0, 0.1) is 0 Å². The number of carbonyl (C=O) groups is 4. The summed E-state index contributed by atoms with van der Waals surface area (Å²) in [5.41, 5.74) is 4.72. The van der Waals surface area contributed by atoms with Gasteiger partial charge in [0.2, 0.25) is 0 Å². The van der Waals surface area contributed by atoms with Gasteiger partial charge in [-0.25, -0.2) is 19.4 Å². The number of hydrogen-bond donors (Lipinski definition) is 5. The lowest BCUT2D eigenvalue weighted by Crippen LogP contribution is -2.54. The Labute approximate surface area is 359 Å². The van der Waals surface area contributed by atoms with Gasteiger partial charge >= 0.3 is 18.3 Å². The van der Waals surface area contributed by atoms with Crippen LogP contribution in [0.1, 0.15) is 89.5 Å². The first-order chi connectivity index (χ1) is 28.6. The third-order valence-corrected chi connectivity index (χ3v) is 9.11. The van der Waals surface area contributed by atoms with E-state index in [0.29, 0.717) is 24.1 Å². The molecule has 3 amide bonds. The van der Waals surface area contributed by atoms with E-state index in [0.717, 1.165) is 22.3 Å². The van der Waals surface area contributed by atoms with Crippen LogP contribution in [0.2, 0.25) is 0 Å². The van der Waals surface area contributed by atoms with E-state index in [1.807, 2.05) is 84.9 Å². The zero-order valence-corrected chi connectivity index (χ0v) is 36.8. The topological polar surface area (TPSA) is 181 Å². The van der Waals surface area contributed by atoms with Crippen LogP contribution < -0.4 is 16.1 Å². The summed E-state index contributed by atoms with van der Waals surface area (Å²) in [7, 11) is 0. The van der Waals surface area contributed by atoms with Gasteiger partial charge in [-0.05, 0) is 110 Å². The summed E-state index contributed by atoms with van der Waals surface area (Å²) < 4.78 is 18.3. The second kappa shape index (κ2) is 21.2. The Bertz CT molecular complexity index is 2020. The molecular formula is C47H63N5O9. The number of aromatic nitrogens is 1. The number of alkyl carbamates (subject to hydrolysis) is 2. The second-order valence-corrected chi connectivity index (χ2v) is 18.1. The van der Waals surface area contributed by atoms with Crippen molar-refractivity contribution in [3.8, 4) is 11.3 Å². The number of carbonyl (C=O) groups excluding carboxylic acids is 4. The molecule has 1 aromatic heterocycles. The van der Waals surface area contributed by atoms with Crippen LogP contribution in [-0.2, 0) is 40.1 Å². The molecule has 4 rings (SSSR count). The summed E-state index contributed by atoms with van der Waals surface area (Å²) in [6.07, 6.45) is -3.05. The van der Waals surface area contributed by atoms with E-state index in [9.17, 15) is 29.4 Å². The van der Waals surface area contributed by atoms with Crippen LogP contribution >= 0.6 is 0 Å². The molecule has 0 aliphatic heterocycles. The fourth-order valence-corrected chi connectivity index (χ4v) is 6.51. The van der Waals surface area contributed by atoms with Crippen LogP contribution in [0.3, 0.4) is 0 Å². The molecule has 1 heterocycles. The van der Waals surface area contributed by atoms with E-state index in [2.05, 4.69) is 16.1 Å². The molecule has 5 N–H and O–H groups in total. The number of hydrazine groups is 1. The van der Waals surface area contributed by atoms with Crippen molar-refractivity contribution in [1.82, 2.24) is 25.6 Å². The van der Waals surface area contributed by atoms with Gasteiger partial charge in [-0.15, -0.1) is 0 Å². The molecule has 61 heavy (non-hydrogen) atoms. The van der Waals surface area contributed by atoms with Crippen molar-refractivity contribution in [3.63, 3.8) is 0 Å². The molecule has 330 valence electrons. The van der Waals surface area contributed by atoms with Crippen molar-refractivity contribution in [2.45, 2.75) is 129 Å².